The van der Waals surface area contributed by atoms with Crippen molar-refractivity contribution in [3.63, 3.8) is 0 Å². The van der Waals surface area contributed by atoms with Crippen molar-refractivity contribution in [1.82, 2.24) is 0 Å². The second kappa shape index (κ2) is 10.1. The topological polar surface area (TPSA) is 58.6 Å². The van der Waals surface area contributed by atoms with E-state index in [1.165, 1.54) is 6.08 Å². The zero-order valence-electron chi connectivity index (χ0n) is 17.0. The lowest BCUT2D eigenvalue weighted by Gasteiger charge is -2.22. The molecule has 2 amide bonds. The minimum absolute atomic E-state index is 0.168. The Morgan fingerprint density at radius 3 is 2.27 bits per heavy atom. The molecule has 5 nitrogen and oxygen atoms in total. The maximum absolute atomic E-state index is 13.2. The molecule has 0 atom stereocenters. The van der Waals surface area contributed by atoms with E-state index in [1.54, 1.807) is 42.4 Å². The molecule has 0 aliphatic carbocycles. The highest BCUT2D eigenvalue weighted by Crippen LogP contribution is 2.22. The Kier molecular flexibility index (Phi) is 7.00. The number of para-hydroxylation sites is 2. The van der Waals surface area contributed by atoms with Gasteiger partial charge in [-0.15, -0.1) is 0 Å². The summed E-state index contributed by atoms with van der Waals surface area (Å²) < 4.78 is 5.13. The van der Waals surface area contributed by atoms with Crippen LogP contribution in [0.1, 0.15) is 22.8 Å². The van der Waals surface area contributed by atoms with Crippen molar-refractivity contribution in [2.24, 2.45) is 0 Å². The second-order valence-corrected chi connectivity index (χ2v) is 6.53. The predicted octanol–water partition coefficient (Wildman–Crippen LogP) is 5.01. The number of hydrogen-bond acceptors (Lipinski definition) is 3. The lowest BCUT2D eigenvalue weighted by Crippen LogP contribution is -2.31. The smallest absolute Gasteiger partial charge is 0.260 e. The first-order chi connectivity index (χ1) is 14.6. The van der Waals surface area contributed by atoms with E-state index in [4.69, 9.17) is 4.74 Å². The molecule has 30 heavy (non-hydrogen) atoms. The summed E-state index contributed by atoms with van der Waals surface area (Å²) in [6.45, 7) is 2.44. The van der Waals surface area contributed by atoms with Gasteiger partial charge in [0.15, 0.2) is 0 Å². The fourth-order valence-electron chi connectivity index (χ4n) is 3.04. The van der Waals surface area contributed by atoms with E-state index in [0.29, 0.717) is 17.8 Å². The number of methoxy groups -OCH3 is 1. The Morgan fingerprint density at radius 1 is 0.933 bits per heavy atom. The third kappa shape index (κ3) is 5.14. The van der Waals surface area contributed by atoms with Gasteiger partial charge >= 0.3 is 0 Å². The maximum atomic E-state index is 13.2. The second-order valence-electron chi connectivity index (χ2n) is 6.53. The lowest BCUT2D eigenvalue weighted by molar-refractivity contribution is -0.111. The van der Waals surface area contributed by atoms with Crippen LogP contribution in [0.3, 0.4) is 0 Å². The summed E-state index contributed by atoms with van der Waals surface area (Å²) in [7, 11) is 1.61. The molecule has 0 saturated heterocycles. The van der Waals surface area contributed by atoms with Crippen molar-refractivity contribution in [1.29, 1.82) is 0 Å². The number of ether oxygens (including phenoxy) is 1. The molecule has 0 saturated carbocycles. The molecule has 0 unspecified atom stereocenters. The molecule has 1 N–H and O–H groups in total. The summed E-state index contributed by atoms with van der Waals surface area (Å²) in [4.78, 5) is 27.3. The van der Waals surface area contributed by atoms with Gasteiger partial charge in [-0.2, -0.15) is 0 Å². The molecule has 3 aromatic rings. The number of carbonyl (C=O) groups is 2. The third-order valence-electron chi connectivity index (χ3n) is 4.59. The highest BCUT2D eigenvalue weighted by Gasteiger charge is 2.19. The Morgan fingerprint density at radius 2 is 1.60 bits per heavy atom. The van der Waals surface area contributed by atoms with Gasteiger partial charge in [-0.05, 0) is 55.0 Å². The van der Waals surface area contributed by atoms with Crippen LogP contribution in [0.25, 0.3) is 6.08 Å². The predicted molar refractivity (Wildman–Crippen MR) is 121 cm³/mol. The van der Waals surface area contributed by atoms with Crippen molar-refractivity contribution in [3.8, 4) is 5.75 Å². The fraction of sp³-hybridized carbons (Fsp3) is 0.120. The zero-order valence-corrected chi connectivity index (χ0v) is 17.0. The van der Waals surface area contributed by atoms with E-state index in [-0.39, 0.29) is 11.8 Å². The van der Waals surface area contributed by atoms with E-state index >= 15 is 0 Å². The molecule has 5 heteroatoms. The van der Waals surface area contributed by atoms with Crippen molar-refractivity contribution in [3.05, 3.63) is 96.1 Å². The largest absolute Gasteiger partial charge is 0.497 e. The monoisotopic (exact) mass is 400 g/mol. The Hall–Kier alpha value is -3.86. The van der Waals surface area contributed by atoms with Crippen LogP contribution in [0.4, 0.5) is 11.4 Å². The van der Waals surface area contributed by atoms with Gasteiger partial charge < -0.3 is 15.0 Å². The van der Waals surface area contributed by atoms with Crippen LogP contribution in [0.15, 0.2) is 84.9 Å². The van der Waals surface area contributed by atoms with Gasteiger partial charge in [-0.3, -0.25) is 9.59 Å². The number of benzene rings is 3. The Bertz CT molecular complexity index is 1030. The third-order valence-corrected chi connectivity index (χ3v) is 4.59. The van der Waals surface area contributed by atoms with Crippen LogP contribution >= 0.6 is 0 Å². The maximum Gasteiger partial charge on any atom is 0.260 e. The van der Waals surface area contributed by atoms with Crippen molar-refractivity contribution in [2.45, 2.75) is 6.92 Å². The van der Waals surface area contributed by atoms with E-state index in [9.17, 15) is 9.59 Å². The molecule has 0 aliphatic heterocycles. The quantitative estimate of drug-likeness (QED) is 0.567. The van der Waals surface area contributed by atoms with E-state index in [1.807, 2.05) is 61.5 Å². The van der Waals surface area contributed by atoms with Crippen molar-refractivity contribution < 1.29 is 14.3 Å². The van der Waals surface area contributed by atoms with Crippen LogP contribution in [-0.4, -0.2) is 25.5 Å². The first-order valence-electron chi connectivity index (χ1n) is 9.71. The standard InChI is InChI=1S/C25H24N2O3/c1-3-27(20-9-5-4-6-10-20)25(29)22-11-7-8-12-23(22)26-24(28)18-15-19-13-16-21(30-2)17-14-19/h4-18H,3H2,1-2H3,(H,26,28)/b18-15+. The van der Waals surface area contributed by atoms with Crippen LogP contribution in [0, 0.1) is 0 Å². The summed E-state index contributed by atoms with van der Waals surface area (Å²) in [5.74, 6) is 0.274. The molecule has 0 aromatic heterocycles. The highest BCUT2D eigenvalue weighted by atomic mass is 16.5. The SMILES string of the molecule is CCN(C(=O)c1ccccc1NC(=O)/C=C/c1ccc(OC)cc1)c1ccccc1. The molecule has 0 radical (unpaired) electrons. The molecule has 152 valence electrons. The number of nitrogens with one attached hydrogen (secondary N) is 1. The van der Waals surface area contributed by atoms with Gasteiger partial charge in [0.05, 0.1) is 18.4 Å². The molecule has 3 aromatic carbocycles. The van der Waals surface area contributed by atoms with Crippen LogP contribution in [0.2, 0.25) is 0 Å². The van der Waals surface area contributed by atoms with Gasteiger partial charge in [-0.25, -0.2) is 0 Å². The van der Waals surface area contributed by atoms with E-state index < -0.39 is 0 Å². The zero-order chi connectivity index (χ0) is 21.3. The van der Waals surface area contributed by atoms with Gasteiger partial charge in [-0.1, -0.05) is 42.5 Å². The number of amides is 2. The van der Waals surface area contributed by atoms with Gasteiger partial charge in [0.25, 0.3) is 5.91 Å². The van der Waals surface area contributed by atoms with Gasteiger partial charge in [0.1, 0.15) is 5.75 Å². The Balaban J connectivity index is 1.76. The number of nitrogens with zero attached hydrogens (tertiary/aromatic N) is 1. The van der Waals surface area contributed by atoms with E-state index in [0.717, 1.165) is 17.0 Å². The molecule has 0 spiro atoms. The summed E-state index contributed by atoms with van der Waals surface area (Å²) in [6, 6.07) is 23.9. The van der Waals surface area contributed by atoms with Gasteiger partial charge in [0, 0.05) is 18.3 Å². The summed E-state index contributed by atoms with van der Waals surface area (Å²) in [5.41, 5.74) is 2.60. The van der Waals surface area contributed by atoms with Crippen molar-refractivity contribution >= 4 is 29.3 Å². The average Bonchev–Trinajstić information content (AvgIpc) is 2.79. The fourth-order valence-corrected chi connectivity index (χ4v) is 3.04. The number of anilines is 2. The normalized spacial score (nSPS) is 10.6. The van der Waals surface area contributed by atoms with Crippen LogP contribution in [-0.2, 0) is 4.79 Å². The molecule has 3 rings (SSSR count). The molecule has 0 bridgehead atoms. The summed E-state index contributed by atoms with van der Waals surface area (Å²) in [6.07, 6.45) is 3.15. The molecular weight excluding hydrogens is 376 g/mol. The summed E-state index contributed by atoms with van der Waals surface area (Å²) >= 11 is 0. The molecule has 0 aliphatic rings. The van der Waals surface area contributed by atoms with Crippen molar-refractivity contribution in [2.75, 3.05) is 23.9 Å². The van der Waals surface area contributed by atoms with Crippen LogP contribution in [0.5, 0.6) is 5.75 Å². The Labute approximate surface area is 176 Å². The minimum atomic E-state index is -0.311. The molecule has 0 heterocycles. The first kappa shape index (κ1) is 20.9. The van der Waals surface area contributed by atoms with Gasteiger partial charge in [0.2, 0.25) is 5.91 Å². The summed E-state index contributed by atoms with van der Waals surface area (Å²) in [5, 5.41) is 2.82. The van der Waals surface area contributed by atoms with Crippen LogP contribution < -0.4 is 15.0 Å². The first-order valence-corrected chi connectivity index (χ1v) is 9.71. The average molecular weight is 400 g/mol. The number of rotatable bonds is 7. The molecular formula is C25H24N2O3. The molecule has 0 fully saturated rings. The highest BCUT2D eigenvalue weighted by molar-refractivity contribution is 6.12. The number of hydrogen-bond donors (Lipinski definition) is 1. The number of carbonyl (C=O) groups excluding carboxylic acids is 2. The van der Waals surface area contributed by atoms with E-state index in [2.05, 4.69) is 5.32 Å². The minimum Gasteiger partial charge on any atom is -0.497 e. The lowest BCUT2D eigenvalue weighted by atomic mass is 10.1.